The molecule has 0 aliphatic rings. The van der Waals surface area contributed by atoms with Crippen LogP contribution < -0.4 is 10.6 Å². The summed E-state index contributed by atoms with van der Waals surface area (Å²) in [4.78, 5) is 30.0. The summed E-state index contributed by atoms with van der Waals surface area (Å²) in [5.41, 5.74) is 1.96. The number of nitrogens with one attached hydrogen (secondary N) is 2. The zero-order valence-corrected chi connectivity index (χ0v) is 18.2. The van der Waals surface area contributed by atoms with Gasteiger partial charge in [-0.3, -0.25) is 9.59 Å². The zero-order chi connectivity index (χ0) is 20.6. The summed E-state index contributed by atoms with van der Waals surface area (Å²) in [6, 6.07) is 17.9. The summed E-state index contributed by atoms with van der Waals surface area (Å²) >= 11 is 3.17. The molecule has 2 atom stereocenters. The highest BCUT2D eigenvalue weighted by Crippen LogP contribution is 2.44. The molecule has 0 fully saturated rings. The molecule has 5 nitrogen and oxygen atoms in total. The lowest BCUT2D eigenvalue weighted by atomic mass is 9.94. The van der Waals surface area contributed by atoms with Gasteiger partial charge in [0.2, 0.25) is 11.8 Å². The second-order valence-electron chi connectivity index (χ2n) is 6.56. The summed E-state index contributed by atoms with van der Waals surface area (Å²) in [7, 11) is 0. The molecule has 0 radical (unpaired) electrons. The van der Waals surface area contributed by atoms with Crippen molar-refractivity contribution in [2.45, 2.75) is 29.9 Å². The second-order valence-corrected chi connectivity index (χ2v) is 8.97. The average molecular weight is 428 g/mol. The fraction of sp³-hybridized carbons (Fsp3) is 0.318. The number of carbonyl (C=O) groups excluding carboxylic acids is 2. The van der Waals surface area contributed by atoms with Gasteiger partial charge in [-0.1, -0.05) is 54.2 Å². The van der Waals surface area contributed by atoms with Crippen molar-refractivity contribution in [2.24, 2.45) is 5.92 Å². The summed E-state index contributed by atoms with van der Waals surface area (Å²) in [6.45, 7) is 4.84. The SMILES string of the molecule is CCNC(=O)CC(C(=O)NCC)C(Sc1nc2ccccc2s1)c1ccccc1. The Kier molecular flexibility index (Phi) is 7.66. The molecule has 2 unspecified atom stereocenters. The molecule has 1 heterocycles. The number of amides is 2. The first-order chi connectivity index (χ1) is 14.1. The predicted molar refractivity (Wildman–Crippen MR) is 120 cm³/mol. The number of fused-ring (bicyclic) bond motifs is 1. The molecule has 3 aromatic rings. The molecule has 7 heteroatoms. The van der Waals surface area contributed by atoms with E-state index in [9.17, 15) is 9.59 Å². The normalized spacial score (nSPS) is 13.0. The van der Waals surface area contributed by atoms with Gasteiger partial charge < -0.3 is 10.6 Å². The number of para-hydroxylation sites is 1. The van der Waals surface area contributed by atoms with Crippen LogP contribution in [0, 0.1) is 5.92 Å². The van der Waals surface area contributed by atoms with E-state index in [2.05, 4.69) is 10.6 Å². The first kappa shape index (κ1) is 21.3. The Labute approximate surface area is 179 Å². The number of benzene rings is 2. The third-order valence-corrected chi connectivity index (χ3v) is 6.98. The van der Waals surface area contributed by atoms with Crippen molar-refractivity contribution in [3.05, 3.63) is 60.2 Å². The first-order valence-corrected chi connectivity index (χ1v) is 11.4. The highest BCUT2D eigenvalue weighted by molar-refractivity contribution is 8.01. The van der Waals surface area contributed by atoms with Crippen LogP contribution in [0.3, 0.4) is 0 Å². The first-order valence-electron chi connectivity index (χ1n) is 9.74. The molecule has 0 aliphatic heterocycles. The molecule has 0 spiro atoms. The highest BCUT2D eigenvalue weighted by atomic mass is 32.2. The number of thioether (sulfide) groups is 1. The number of nitrogens with zero attached hydrogens (tertiary/aromatic N) is 1. The second kappa shape index (κ2) is 10.4. The topological polar surface area (TPSA) is 71.1 Å². The van der Waals surface area contributed by atoms with E-state index < -0.39 is 5.92 Å². The molecule has 2 aromatic carbocycles. The van der Waals surface area contributed by atoms with E-state index >= 15 is 0 Å². The Morgan fingerprint density at radius 2 is 1.69 bits per heavy atom. The van der Waals surface area contributed by atoms with Crippen LogP contribution in [-0.4, -0.2) is 29.9 Å². The van der Waals surface area contributed by atoms with E-state index in [4.69, 9.17) is 4.98 Å². The van der Waals surface area contributed by atoms with Crippen LogP contribution in [0.2, 0.25) is 0 Å². The summed E-state index contributed by atoms with van der Waals surface area (Å²) in [5, 5.41) is 5.51. The molecule has 0 saturated heterocycles. The van der Waals surface area contributed by atoms with Crippen molar-refractivity contribution in [1.29, 1.82) is 0 Å². The third-order valence-electron chi connectivity index (χ3n) is 4.46. The highest BCUT2D eigenvalue weighted by Gasteiger charge is 2.33. The van der Waals surface area contributed by atoms with Crippen LogP contribution in [0.5, 0.6) is 0 Å². The molecule has 1 aromatic heterocycles. The van der Waals surface area contributed by atoms with Crippen molar-refractivity contribution >= 4 is 45.1 Å². The molecule has 29 heavy (non-hydrogen) atoms. The smallest absolute Gasteiger partial charge is 0.225 e. The summed E-state index contributed by atoms with van der Waals surface area (Å²) in [6.07, 6.45) is 0.136. The van der Waals surface area contributed by atoms with Crippen LogP contribution in [0.1, 0.15) is 31.1 Å². The van der Waals surface area contributed by atoms with E-state index in [0.717, 1.165) is 20.1 Å². The fourth-order valence-electron chi connectivity index (χ4n) is 3.15. The lowest BCUT2D eigenvalue weighted by molar-refractivity contribution is -0.130. The van der Waals surface area contributed by atoms with E-state index in [0.29, 0.717) is 13.1 Å². The lowest BCUT2D eigenvalue weighted by Crippen LogP contribution is -2.37. The van der Waals surface area contributed by atoms with Crippen molar-refractivity contribution in [3.8, 4) is 0 Å². The minimum atomic E-state index is -0.499. The third kappa shape index (κ3) is 5.58. The monoisotopic (exact) mass is 427 g/mol. The van der Waals surface area contributed by atoms with Gasteiger partial charge in [0.15, 0.2) is 4.34 Å². The zero-order valence-electron chi connectivity index (χ0n) is 16.6. The van der Waals surface area contributed by atoms with Crippen LogP contribution >= 0.6 is 23.1 Å². The van der Waals surface area contributed by atoms with Crippen molar-refractivity contribution in [3.63, 3.8) is 0 Å². The van der Waals surface area contributed by atoms with Gasteiger partial charge in [0.05, 0.1) is 16.1 Å². The minimum absolute atomic E-state index is 0.110. The molecule has 2 N–H and O–H groups in total. The van der Waals surface area contributed by atoms with Gasteiger partial charge in [-0.25, -0.2) is 4.98 Å². The Morgan fingerprint density at radius 1 is 1.00 bits per heavy atom. The summed E-state index contributed by atoms with van der Waals surface area (Å²) in [5.74, 6) is -0.725. The molecule has 152 valence electrons. The maximum absolute atomic E-state index is 12.9. The summed E-state index contributed by atoms with van der Waals surface area (Å²) < 4.78 is 2.00. The van der Waals surface area contributed by atoms with Crippen LogP contribution in [0.4, 0.5) is 0 Å². The molecular weight excluding hydrogens is 402 g/mol. The lowest BCUT2D eigenvalue weighted by Gasteiger charge is -2.25. The van der Waals surface area contributed by atoms with Crippen molar-refractivity contribution < 1.29 is 9.59 Å². The van der Waals surface area contributed by atoms with Crippen molar-refractivity contribution in [1.82, 2.24) is 15.6 Å². The number of thiazole rings is 1. The Hall–Kier alpha value is -2.38. The maximum Gasteiger partial charge on any atom is 0.225 e. The van der Waals surface area contributed by atoms with Gasteiger partial charge in [-0.15, -0.1) is 11.3 Å². The molecule has 3 rings (SSSR count). The minimum Gasteiger partial charge on any atom is -0.356 e. The van der Waals surface area contributed by atoms with Gasteiger partial charge in [0, 0.05) is 24.8 Å². The maximum atomic E-state index is 12.9. The van der Waals surface area contributed by atoms with Crippen LogP contribution in [-0.2, 0) is 9.59 Å². The Balaban J connectivity index is 1.96. The quantitative estimate of drug-likeness (QED) is 0.496. The van der Waals surface area contributed by atoms with E-state index in [1.165, 1.54) is 0 Å². The van der Waals surface area contributed by atoms with Crippen LogP contribution in [0.25, 0.3) is 10.2 Å². The van der Waals surface area contributed by atoms with Gasteiger partial charge in [0.25, 0.3) is 0 Å². The van der Waals surface area contributed by atoms with E-state index in [1.54, 1.807) is 23.1 Å². The van der Waals surface area contributed by atoms with Gasteiger partial charge in [-0.2, -0.15) is 0 Å². The van der Waals surface area contributed by atoms with E-state index in [-0.39, 0.29) is 23.5 Å². The van der Waals surface area contributed by atoms with Crippen molar-refractivity contribution in [2.75, 3.05) is 13.1 Å². The number of hydrogen-bond acceptors (Lipinski definition) is 5. The molecule has 0 saturated carbocycles. The number of hydrogen-bond donors (Lipinski definition) is 2. The molecule has 2 amide bonds. The van der Waals surface area contributed by atoms with Gasteiger partial charge in [-0.05, 0) is 31.5 Å². The Bertz CT molecular complexity index is 926. The van der Waals surface area contributed by atoms with Gasteiger partial charge in [0.1, 0.15) is 0 Å². The number of carbonyl (C=O) groups is 2. The predicted octanol–water partition coefficient (Wildman–Crippen LogP) is 4.41. The van der Waals surface area contributed by atoms with Crippen LogP contribution in [0.15, 0.2) is 58.9 Å². The Morgan fingerprint density at radius 3 is 2.38 bits per heavy atom. The molecule has 0 bridgehead atoms. The average Bonchev–Trinajstić information content (AvgIpc) is 3.14. The van der Waals surface area contributed by atoms with E-state index in [1.807, 2.05) is 68.4 Å². The van der Waals surface area contributed by atoms with Gasteiger partial charge >= 0.3 is 0 Å². The number of aromatic nitrogens is 1. The fourth-order valence-corrected chi connectivity index (χ4v) is 5.66. The molecule has 0 aliphatic carbocycles. The number of rotatable bonds is 9. The largest absolute Gasteiger partial charge is 0.356 e. The standard InChI is InChI=1S/C22H25N3O2S2/c1-3-23-19(26)14-16(21(27)24-4-2)20(15-10-6-5-7-11-15)29-22-25-17-12-8-9-13-18(17)28-22/h5-13,16,20H,3-4,14H2,1-2H3,(H,23,26)(H,24,27). The molecular formula is C22H25N3O2S2.